The number of hydrogen-bond acceptors (Lipinski definition) is 3. The molecule has 0 bridgehead atoms. The van der Waals surface area contributed by atoms with E-state index in [-0.39, 0.29) is 5.91 Å². The molecule has 4 heteroatoms. The van der Waals surface area contributed by atoms with Gasteiger partial charge in [0.15, 0.2) is 0 Å². The molecule has 1 heterocycles. The molecule has 0 spiro atoms. The normalized spacial score (nSPS) is 23.7. The first-order valence-electron chi connectivity index (χ1n) is 6.62. The lowest BCUT2D eigenvalue weighted by molar-refractivity contribution is 0.0937. The van der Waals surface area contributed by atoms with Gasteiger partial charge in [0.2, 0.25) is 0 Å². The molecule has 4 nitrogen and oxygen atoms in total. The van der Waals surface area contributed by atoms with Gasteiger partial charge in [-0.2, -0.15) is 0 Å². The number of nitrogens with two attached hydrogens (primary N) is 1. The summed E-state index contributed by atoms with van der Waals surface area (Å²) in [5, 5.41) is 2.98. The van der Waals surface area contributed by atoms with Gasteiger partial charge in [0.1, 0.15) is 5.69 Å². The highest BCUT2D eigenvalue weighted by Crippen LogP contribution is 2.22. The minimum Gasteiger partial charge on any atom is -0.350 e. The number of nitrogens with one attached hydrogen (secondary N) is 1. The molecule has 1 aliphatic rings. The molecule has 0 atom stereocenters. The Morgan fingerprint density at radius 3 is 2.83 bits per heavy atom. The summed E-state index contributed by atoms with van der Waals surface area (Å²) in [7, 11) is 0. The molecular formula is C14H21N3O. The smallest absolute Gasteiger partial charge is 0.270 e. The highest BCUT2D eigenvalue weighted by atomic mass is 16.1. The lowest BCUT2D eigenvalue weighted by Gasteiger charge is -2.26. The van der Waals surface area contributed by atoms with Gasteiger partial charge < -0.3 is 11.1 Å². The van der Waals surface area contributed by atoms with E-state index in [0.717, 1.165) is 37.8 Å². The van der Waals surface area contributed by atoms with Crippen molar-refractivity contribution in [2.75, 3.05) is 6.54 Å². The third-order valence-corrected chi connectivity index (χ3v) is 3.67. The quantitative estimate of drug-likeness (QED) is 0.853. The number of aryl methyl sites for hydroxylation is 1. The zero-order valence-electron chi connectivity index (χ0n) is 10.9. The topological polar surface area (TPSA) is 68.0 Å². The molecule has 1 fully saturated rings. The summed E-state index contributed by atoms with van der Waals surface area (Å²) >= 11 is 0. The second-order valence-electron chi connectivity index (χ2n) is 5.16. The van der Waals surface area contributed by atoms with Gasteiger partial charge in [-0.25, -0.2) is 0 Å². The van der Waals surface area contributed by atoms with Crippen LogP contribution in [0.3, 0.4) is 0 Å². The standard InChI is InChI=1S/C14H21N3O/c1-10-3-2-8-16-13(10)14(18)17-9-11-4-6-12(15)7-5-11/h2-3,8,11-12H,4-7,9,15H2,1H3,(H,17,18). The van der Waals surface area contributed by atoms with Crippen molar-refractivity contribution in [3.8, 4) is 0 Å². The molecule has 0 radical (unpaired) electrons. The van der Waals surface area contributed by atoms with Crippen LogP contribution in [-0.2, 0) is 0 Å². The summed E-state index contributed by atoms with van der Waals surface area (Å²) < 4.78 is 0. The lowest BCUT2D eigenvalue weighted by Crippen LogP contribution is -2.34. The van der Waals surface area contributed by atoms with Gasteiger partial charge in [-0.1, -0.05) is 6.07 Å². The number of pyridine rings is 1. The van der Waals surface area contributed by atoms with Crippen molar-refractivity contribution in [3.63, 3.8) is 0 Å². The van der Waals surface area contributed by atoms with Crippen LogP contribution >= 0.6 is 0 Å². The highest BCUT2D eigenvalue weighted by molar-refractivity contribution is 5.93. The average Bonchev–Trinajstić information content (AvgIpc) is 2.38. The van der Waals surface area contributed by atoms with Crippen molar-refractivity contribution in [2.45, 2.75) is 38.6 Å². The first-order valence-corrected chi connectivity index (χ1v) is 6.62. The monoisotopic (exact) mass is 247 g/mol. The van der Waals surface area contributed by atoms with Crippen LogP contribution in [0.4, 0.5) is 0 Å². The SMILES string of the molecule is Cc1cccnc1C(=O)NCC1CCC(N)CC1. The Morgan fingerprint density at radius 2 is 2.17 bits per heavy atom. The minimum atomic E-state index is -0.0667. The number of amides is 1. The maximum absolute atomic E-state index is 12.0. The summed E-state index contributed by atoms with van der Waals surface area (Å²) in [4.78, 5) is 16.1. The molecule has 1 amide bonds. The third kappa shape index (κ3) is 3.29. The summed E-state index contributed by atoms with van der Waals surface area (Å²) in [6.45, 7) is 2.64. The van der Waals surface area contributed by atoms with E-state index in [0.29, 0.717) is 17.7 Å². The van der Waals surface area contributed by atoms with Crippen molar-refractivity contribution in [2.24, 2.45) is 11.7 Å². The largest absolute Gasteiger partial charge is 0.350 e. The van der Waals surface area contributed by atoms with Crippen LogP contribution in [0.25, 0.3) is 0 Å². The van der Waals surface area contributed by atoms with Gasteiger partial charge >= 0.3 is 0 Å². The van der Waals surface area contributed by atoms with Crippen molar-refractivity contribution in [1.82, 2.24) is 10.3 Å². The number of hydrogen-bond donors (Lipinski definition) is 2. The molecule has 2 rings (SSSR count). The minimum absolute atomic E-state index is 0.0667. The van der Waals surface area contributed by atoms with E-state index < -0.39 is 0 Å². The maximum Gasteiger partial charge on any atom is 0.270 e. The molecule has 0 saturated heterocycles. The van der Waals surface area contributed by atoms with E-state index in [1.54, 1.807) is 6.20 Å². The Kier molecular flexibility index (Phi) is 4.31. The predicted octanol–water partition coefficient (Wildman–Crippen LogP) is 1.64. The molecular weight excluding hydrogens is 226 g/mol. The molecule has 1 aromatic heterocycles. The van der Waals surface area contributed by atoms with Crippen molar-refractivity contribution in [3.05, 3.63) is 29.6 Å². The maximum atomic E-state index is 12.0. The Balaban J connectivity index is 1.84. The van der Waals surface area contributed by atoms with Crippen LogP contribution < -0.4 is 11.1 Å². The fourth-order valence-corrected chi connectivity index (χ4v) is 2.44. The Labute approximate surface area is 108 Å². The van der Waals surface area contributed by atoms with Crippen molar-refractivity contribution < 1.29 is 4.79 Å². The van der Waals surface area contributed by atoms with Gasteiger partial charge in [0, 0.05) is 18.8 Å². The average molecular weight is 247 g/mol. The van der Waals surface area contributed by atoms with Crippen LogP contribution in [0, 0.1) is 12.8 Å². The Bertz CT molecular complexity index is 411. The fraction of sp³-hybridized carbons (Fsp3) is 0.571. The summed E-state index contributed by atoms with van der Waals surface area (Å²) in [5.41, 5.74) is 7.32. The summed E-state index contributed by atoms with van der Waals surface area (Å²) in [5.74, 6) is 0.501. The van der Waals surface area contributed by atoms with Gasteiger partial charge in [-0.3, -0.25) is 9.78 Å². The second-order valence-corrected chi connectivity index (χ2v) is 5.16. The molecule has 0 aliphatic heterocycles. The molecule has 0 unspecified atom stereocenters. The zero-order valence-corrected chi connectivity index (χ0v) is 10.9. The molecule has 0 aromatic carbocycles. The van der Waals surface area contributed by atoms with Crippen molar-refractivity contribution in [1.29, 1.82) is 0 Å². The number of aromatic nitrogens is 1. The van der Waals surface area contributed by atoms with E-state index in [1.165, 1.54) is 0 Å². The van der Waals surface area contributed by atoms with E-state index in [4.69, 9.17) is 5.73 Å². The molecule has 1 aromatic rings. The van der Waals surface area contributed by atoms with E-state index >= 15 is 0 Å². The highest BCUT2D eigenvalue weighted by Gasteiger charge is 2.19. The molecule has 3 N–H and O–H groups in total. The van der Waals surface area contributed by atoms with Crippen molar-refractivity contribution >= 4 is 5.91 Å². The van der Waals surface area contributed by atoms with Gasteiger partial charge in [0.05, 0.1) is 0 Å². The Hall–Kier alpha value is -1.42. The number of nitrogens with zero attached hydrogens (tertiary/aromatic N) is 1. The first-order chi connectivity index (χ1) is 8.66. The van der Waals surface area contributed by atoms with Crippen LogP contribution in [0.1, 0.15) is 41.7 Å². The third-order valence-electron chi connectivity index (χ3n) is 3.67. The van der Waals surface area contributed by atoms with E-state index in [2.05, 4.69) is 10.3 Å². The van der Waals surface area contributed by atoms with Crippen LogP contribution in [0.2, 0.25) is 0 Å². The fourth-order valence-electron chi connectivity index (χ4n) is 2.44. The summed E-state index contributed by atoms with van der Waals surface area (Å²) in [6, 6.07) is 4.10. The van der Waals surface area contributed by atoms with Gasteiger partial charge in [0.25, 0.3) is 5.91 Å². The first kappa shape index (κ1) is 13.0. The van der Waals surface area contributed by atoms with Gasteiger partial charge in [-0.05, 0) is 50.2 Å². The zero-order chi connectivity index (χ0) is 13.0. The van der Waals surface area contributed by atoms with Gasteiger partial charge in [-0.15, -0.1) is 0 Å². The molecule has 1 saturated carbocycles. The number of carbonyl (C=O) groups is 1. The van der Waals surface area contributed by atoms with E-state index in [1.807, 2.05) is 19.1 Å². The van der Waals surface area contributed by atoms with Crippen LogP contribution in [0.15, 0.2) is 18.3 Å². The Morgan fingerprint density at radius 1 is 1.44 bits per heavy atom. The predicted molar refractivity (Wildman–Crippen MR) is 71.2 cm³/mol. The summed E-state index contributed by atoms with van der Waals surface area (Å²) in [6.07, 6.45) is 6.03. The molecule has 18 heavy (non-hydrogen) atoms. The molecule has 98 valence electrons. The lowest BCUT2D eigenvalue weighted by atomic mass is 9.86. The number of carbonyl (C=O) groups excluding carboxylic acids is 1. The van der Waals surface area contributed by atoms with Crippen LogP contribution in [0.5, 0.6) is 0 Å². The molecule has 1 aliphatic carbocycles. The second kappa shape index (κ2) is 5.96. The number of rotatable bonds is 3. The van der Waals surface area contributed by atoms with E-state index in [9.17, 15) is 4.79 Å². The van der Waals surface area contributed by atoms with Crippen LogP contribution in [-0.4, -0.2) is 23.5 Å².